The van der Waals surface area contributed by atoms with Crippen molar-refractivity contribution < 1.29 is 13.7 Å². The molecule has 112 valence electrons. The second kappa shape index (κ2) is 5.69. The van der Waals surface area contributed by atoms with E-state index >= 15 is 0 Å². The lowest BCUT2D eigenvalue weighted by atomic mass is 10.1. The monoisotopic (exact) mass is 290 g/mol. The lowest BCUT2D eigenvalue weighted by Gasteiger charge is -2.33. The summed E-state index contributed by atoms with van der Waals surface area (Å²) in [5.74, 6) is 2.77. The van der Waals surface area contributed by atoms with Gasteiger partial charge >= 0.3 is 0 Å². The van der Waals surface area contributed by atoms with Gasteiger partial charge in [0.25, 0.3) is 0 Å². The van der Waals surface area contributed by atoms with Crippen LogP contribution in [0.4, 0.5) is 0 Å². The van der Waals surface area contributed by atoms with E-state index in [-0.39, 0.29) is 11.9 Å². The van der Waals surface area contributed by atoms with Gasteiger partial charge in [0.2, 0.25) is 11.8 Å². The molecule has 0 radical (unpaired) electrons. The first-order valence-electron chi connectivity index (χ1n) is 6.98. The fraction of sp³-hybridized carbons (Fsp3) is 0.500. The molecule has 1 unspecified atom stereocenters. The highest BCUT2D eigenvalue weighted by atomic mass is 16.5. The minimum Gasteiger partial charge on any atom is -0.465 e. The standard InChI is InChI=1S/C14H18N4O3/c1-9-3-4-11(20-9)8-18-6-5-15-14(19)12(18)7-13-16-10(2)17-21-13/h3-4,12H,5-8H2,1-2H3,(H,15,19). The molecule has 1 atom stereocenters. The maximum absolute atomic E-state index is 12.1. The van der Waals surface area contributed by atoms with Crippen molar-refractivity contribution in [3.05, 3.63) is 35.4 Å². The van der Waals surface area contributed by atoms with Crippen molar-refractivity contribution in [3.63, 3.8) is 0 Å². The van der Waals surface area contributed by atoms with E-state index in [2.05, 4.69) is 20.4 Å². The van der Waals surface area contributed by atoms with Crippen LogP contribution < -0.4 is 5.32 Å². The summed E-state index contributed by atoms with van der Waals surface area (Å²) in [6.07, 6.45) is 0.409. The third kappa shape index (κ3) is 3.13. The zero-order valence-electron chi connectivity index (χ0n) is 12.1. The van der Waals surface area contributed by atoms with Crippen LogP contribution >= 0.6 is 0 Å². The van der Waals surface area contributed by atoms with Gasteiger partial charge in [-0.1, -0.05) is 5.16 Å². The Morgan fingerprint density at radius 3 is 2.95 bits per heavy atom. The van der Waals surface area contributed by atoms with Gasteiger partial charge in [-0.2, -0.15) is 4.98 Å². The summed E-state index contributed by atoms with van der Waals surface area (Å²) in [6, 6.07) is 3.55. The molecule has 7 nitrogen and oxygen atoms in total. The van der Waals surface area contributed by atoms with Crippen molar-refractivity contribution in [1.82, 2.24) is 20.4 Å². The van der Waals surface area contributed by atoms with Gasteiger partial charge in [0.15, 0.2) is 5.82 Å². The minimum atomic E-state index is -0.316. The van der Waals surface area contributed by atoms with Crippen LogP contribution in [-0.4, -0.2) is 40.1 Å². The van der Waals surface area contributed by atoms with Gasteiger partial charge in [-0.05, 0) is 26.0 Å². The van der Waals surface area contributed by atoms with Crippen molar-refractivity contribution in [3.8, 4) is 0 Å². The van der Waals surface area contributed by atoms with E-state index < -0.39 is 0 Å². The van der Waals surface area contributed by atoms with Crippen LogP contribution in [-0.2, 0) is 17.8 Å². The number of piperazine rings is 1. The highest BCUT2D eigenvalue weighted by molar-refractivity contribution is 5.82. The van der Waals surface area contributed by atoms with Crippen LogP contribution in [0.2, 0.25) is 0 Å². The number of nitrogens with one attached hydrogen (secondary N) is 1. The normalized spacial score (nSPS) is 19.7. The number of aromatic nitrogens is 2. The Kier molecular flexibility index (Phi) is 3.74. The molecule has 1 fully saturated rings. The summed E-state index contributed by atoms with van der Waals surface area (Å²) in [4.78, 5) is 18.4. The van der Waals surface area contributed by atoms with E-state index in [1.54, 1.807) is 6.92 Å². The number of furan rings is 1. The minimum absolute atomic E-state index is 0.0135. The van der Waals surface area contributed by atoms with Gasteiger partial charge in [-0.3, -0.25) is 9.69 Å². The van der Waals surface area contributed by atoms with Crippen molar-refractivity contribution >= 4 is 5.91 Å². The summed E-state index contributed by atoms with van der Waals surface area (Å²) in [6.45, 7) is 5.67. The Balaban J connectivity index is 1.74. The van der Waals surface area contributed by atoms with Gasteiger partial charge in [0, 0.05) is 13.1 Å². The molecule has 3 heterocycles. The summed E-state index contributed by atoms with van der Waals surface area (Å²) >= 11 is 0. The van der Waals surface area contributed by atoms with E-state index in [0.29, 0.717) is 31.2 Å². The lowest BCUT2D eigenvalue weighted by Crippen LogP contribution is -2.55. The predicted octanol–water partition coefficient (Wildman–Crippen LogP) is 0.823. The van der Waals surface area contributed by atoms with E-state index in [0.717, 1.165) is 18.1 Å². The molecule has 1 amide bonds. The SMILES string of the molecule is Cc1noc(CC2C(=O)NCCN2Cc2ccc(C)o2)n1. The van der Waals surface area contributed by atoms with Crippen molar-refractivity contribution in [2.75, 3.05) is 13.1 Å². The highest BCUT2D eigenvalue weighted by Crippen LogP contribution is 2.16. The number of aryl methyl sites for hydroxylation is 2. The van der Waals surface area contributed by atoms with Gasteiger partial charge < -0.3 is 14.3 Å². The van der Waals surface area contributed by atoms with Crippen LogP contribution in [0.3, 0.4) is 0 Å². The second-order valence-corrected chi connectivity index (χ2v) is 5.23. The van der Waals surface area contributed by atoms with Gasteiger partial charge in [0.1, 0.15) is 11.5 Å². The quantitative estimate of drug-likeness (QED) is 0.897. The number of amides is 1. The van der Waals surface area contributed by atoms with Gasteiger partial charge in [-0.15, -0.1) is 0 Å². The van der Waals surface area contributed by atoms with Gasteiger partial charge in [0.05, 0.1) is 19.0 Å². The fourth-order valence-electron chi connectivity index (χ4n) is 2.53. The summed E-state index contributed by atoms with van der Waals surface area (Å²) in [5.41, 5.74) is 0. The van der Waals surface area contributed by atoms with Crippen LogP contribution in [0.15, 0.2) is 21.1 Å². The Morgan fingerprint density at radius 2 is 2.29 bits per heavy atom. The van der Waals surface area contributed by atoms with Crippen molar-refractivity contribution in [2.45, 2.75) is 32.9 Å². The first-order chi connectivity index (χ1) is 10.1. The molecule has 0 bridgehead atoms. The first-order valence-corrected chi connectivity index (χ1v) is 6.98. The average Bonchev–Trinajstić information content (AvgIpc) is 3.03. The van der Waals surface area contributed by atoms with E-state index in [9.17, 15) is 4.79 Å². The molecule has 1 aliphatic rings. The number of carbonyl (C=O) groups excluding carboxylic acids is 1. The first kappa shape index (κ1) is 13.8. The fourth-order valence-corrected chi connectivity index (χ4v) is 2.53. The van der Waals surface area contributed by atoms with Crippen molar-refractivity contribution in [2.24, 2.45) is 0 Å². The molecular weight excluding hydrogens is 272 g/mol. The zero-order valence-corrected chi connectivity index (χ0v) is 12.1. The Hall–Kier alpha value is -2.15. The molecular formula is C14H18N4O3. The summed E-state index contributed by atoms with van der Waals surface area (Å²) in [5, 5.41) is 6.64. The topological polar surface area (TPSA) is 84.4 Å². The van der Waals surface area contributed by atoms with E-state index in [1.807, 2.05) is 19.1 Å². The molecule has 1 saturated heterocycles. The number of hydrogen-bond donors (Lipinski definition) is 1. The molecule has 0 saturated carbocycles. The smallest absolute Gasteiger partial charge is 0.237 e. The van der Waals surface area contributed by atoms with Crippen LogP contribution in [0, 0.1) is 13.8 Å². The molecule has 2 aromatic rings. The molecule has 0 aromatic carbocycles. The third-order valence-electron chi connectivity index (χ3n) is 3.53. The molecule has 1 N–H and O–H groups in total. The van der Waals surface area contributed by atoms with E-state index in [4.69, 9.17) is 8.94 Å². The maximum Gasteiger partial charge on any atom is 0.237 e. The Morgan fingerprint density at radius 1 is 1.43 bits per heavy atom. The summed E-state index contributed by atoms with van der Waals surface area (Å²) in [7, 11) is 0. The largest absolute Gasteiger partial charge is 0.465 e. The number of hydrogen-bond acceptors (Lipinski definition) is 6. The molecule has 0 aliphatic carbocycles. The third-order valence-corrected chi connectivity index (χ3v) is 3.53. The summed E-state index contributed by atoms with van der Waals surface area (Å²) < 4.78 is 10.7. The van der Waals surface area contributed by atoms with Crippen LogP contribution in [0.25, 0.3) is 0 Å². The molecule has 2 aromatic heterocycles. The zero-order chi connectivity index (χ0) is 14.8. The number of nitrogens with zero attached hydrogens (tertiary/aromatic N) is 3. The van der Waals surface area contributed by atoms with Crippen LogP contribution in [0.1, 0.15) is 23.2 Å². The maximum atomic E-state index is 12.1. The van der Waals surface area contributed by atoms with Crippen LogP contribution in [0.5, 0.6) is 0 Å². The Bertz CT molecular complexity index is 634. The second-order valence-electron chi connectivity index (χ2n) is 5.23. The number of rotatable bonds is 4. The average molecular weight is 290 g/mol. The molecule has 0 spiro atoms. The molecule has 21 heavy (non-hydrogen) atoms. The predicted molar refractivity (Wildman–Crippen MR) is 73.4 cm³/mol. The highest BCUT2D eigenvalue weighted by Gasteiger charge is 2.31. The lowest BCUT2D eigenvalue weighted by molar-refractivity contribution is -0.129. The Labute approximate surface area is 122 Å². The molecule has 7 heteroatoms. The van der Waals surface area contributed by atoms with Gasteiger partial charge in [-0.25, -0.2) is 0 Å². The molecule has 3 rings (SSSR count). The number of carbonyl (C=O) groups is 1. The van der Waals surface area contributed by atoms with E-state index in [1.165, 1.54) is 0 Å². The van der Waals surface area contributed by atoms with Crippen molar-refractivity contribution in [1.29, 1.82) is 0 Å². The molecule has 1 aliphatic heterocycles.